The molecule has 1 aromatic carbocycles. The minimum absolute atomic E-state index is 0.117. The van der Waals surface area contributed by atoms with E-state index in [1.165, 1.54) is 25.7 Å². The SMILES string of the molecule is CCCCCCCOc1ccc(C#CCCO)cc1. The van der Waals surface area contributed by atoms with Crippen molar-refractivity contribution in [2.45, 2.75) is 45.4 Å². The van der Waals surface area contributed by atoms with Crippen LogP contribution in [0.3, 0.4) is 0 Å². The van der Waals surface area contributed by atoms with Gasteiger partial charge in [0.25, 0.3) is 0 Å². The number of ether oxygens (including phenoxy) is 1. The van der Waals surface area contributed by atoms with Gasteiger partial charge in [-0.3, -0.25) is 0 Å². The molecule has 0 atom stereocenters. The largest absolute Gasteiger partial charge is 0.494 e. The number of unbranched alkanes of at least 4 members (excludes halogenated alkanes) is 4. The highest BCUT2D eigenvalue weighted by Crippen LogP contribution is 2.12. The van der Waals surface area contributed by atoms with Crippen LogP contribution in [0.2, 0.25) is 0 Å². The highest BCUT2D eigenvalue weighted by Gasteiger charge is 1.94. The lowest BCUT2D eigenvalue weighted by atomic mass is 10.2. The number of rotatable bonds is 8. The Kier molecular flexibility index (Phi) is 8.59. The van der Waals surface area contributed by atoms with Crippen molar-refractivity contribution in [1.82, 2.24) is 0 Å². The van der Waals surface area contributed by atoms with Crippen LogP contribution in [-0.4, -0.2) is 18.3 Å². The van der Waals surface area contributed by atoms with Crippen molar-refractivity contribution < 1.29 is 9.84 Å². The smallest absolute Gasteiger partial charge is 0.119 e. The molecule has 104 valence electrons. The van der Waals surface area contributed by atoms with E-state index in [1.807, 2.05) is 24.3 Å². The maximum absolute atomic E-state index is 8.64. The Balaban J connectivity index is 2.23. The van der Waals surface area contributed by atoms with Gasteiger partial charge in [0.1, 0.15) is 5.75 Å². The van der Waals surface area contributed by atoms with E-state index < -0.39 is 0 Å². The molecule has 0 aliphatic carbocycles. The van der Waals surface area contributed by atoms with Crippen molar-refractivity contribution in [3.63, 3.8) is 0 Å². The first-order valence-corrected chi connectivity index (χ1v) is 7.19. The summed E-state index contributed by atoms with van der Waals surface area (Å²) in [6.45, 7) is 3.13. The summed E-state index contributed by atoms with van der Waals surface area (Å²) in [5.41, 5.74) is 0.962. The Morgan fingerprint density at radius 2 is 1.79 bits per heavy atom. The molecule has 0 saturated heterocycles. The molecule has 2 nitrogen and oxygen atoms in total. The highest BCUT2D eigenvalue weighted by atomic mass is 16.5. The molecule has 0 amide bonds. The molecule has 0 saturated carbocycles. The minimum Gasteiger partial charge on any atom is -0.494 e. The van der Waals surface area contributed by atoms with Crippen molar-refractivity contribution in [2.24, 2.45) is 0 Å². The van der Waals surface area contributed by atoms with E-state index in [1.54, 1.807) is 0 Å². The Bertz CT molecular complexity index is 384. The summed E-state index contributed by atoms with van der Waals surface area (Å²) in [5, 5.41) is 8.64. The van der Waals surface area contributed by atoms with Crippen molar-refractivity contribution in [2.75, 3.05) is 13.2 Å². The fourth-order valence-electron chi connectivity index (χ4n) is 1.75. The van der Waals surface area contributed by atoms with Crippen molar-refractivity contribution >= 4 is 0 Å². The van der Waals surface area contributed by atoms with E-state index >= 15 is 0 Å². The van der Waals surface area contributed by atoms with Gasteiger partial charge in [-0.25, -0.2) is 0 Å². The lowest BCUT2D eigenvalue weighted by Crippen LogP contribution is -1.97. The predicted octanol–water partition coefficient (Wildman–Crippen LogP) is 3.77. The zero-order chi connectivity index (χ0) is 13.8. The lowest BCUT2D eigenvalue weighted by Gasteiger charge is -2.05. The molecule has 0 heterocycles. The van der Waals surface area contributed by atoms with E-state index in [0.29, 0.717) is 6.42 Å². The fraction of sp³-hybridized carbons (Fsp3) is 0.529. The van der Waals surface area contributed by atoms with E-state index in [4.69, 9.17) is 9.84 Å². The minimum atomic E-state index is 0.117. The summed E-state index contributed by atoms with van der Waals surface area (Å²) in [4.78, 5) is 0. The van der Waals surface area contributed by atoms with Gasteiger partial charge in [-0.1, -0.05) is 44.4 Å². The van der Waals surface area contributed by atoms with Gasteiger partial charge < -0.3 is 9.84 Å². The Morgan fingerprint density at radius 3 is 2.47 bits per heavy atom. The third-order valence-corrected chi connectivity index (χ3v) is 2.84. The second-order valence-corrected chi connectivity index (χ2v) is 4.56. The van der Waals surface area contributed by atoms with Gasteiger partial charge in [0, 0.05) is 12.0 Å². The molecule has 1 rings (SSSR count). The van der Waals surface area contributed by atoms with Crippen LogP contribution in [0.5, 0.6) is 5.75 Å². The standard InChI is InChI=1S/C17H24O2/c1-2-3-4-5-8-15-19-17-12-10-16(11-13-17)9-6-7-14-18/h10-13,18H,2-5,7-8,14-15H2,1H3. The second-order valence-electron chi connectivity index (χ2n) is 4.56. The fourth-order valence-corrected chi connectivity index (χ4v) is 1.75. The van der Waals surface area contributed by atoms with Crippen LogP contribution in [0.25, 0.3) is 0 Å². The molecule has 2 heteroatoms. The van der Waals surface area contributed by atoms with Crippen LogP contribution >= 0.6 is 0 Å². The van der Waals surface area contributed by atoms with Gasteiger partial charge in [0.05, 0.1) is 13.2 Å². The zero-order valence-corrected chi connectivity index (χ0v) is 11.8. The molecule has 0 unspecified atom stereocenters. The zero-order valence-electron chi connectivity index (χ0n) is 11.8. The van der Waals surface area contributed by atoms with E-state index in [-0.39, 0.29) is 6.61 Å². The molecule has 0 spiro atoms. The van der Waals surface area contributed by atoms with Gasteiger partial charge in [0.2, 0.25) is 0 Å². The molecule has 0 bridgehead atoms. The third kappa shape index (κ3) is 7.54. The van der Waals surface area contributed by atoms with Gasteiger partial charge >= 0.3 is 0 Å². The Morgan fingerprint density at radius 1 is 1.05 bits per heavy atom. The topological polar surface area (TPSA) is 29.5 Å². The molecular weight excluding hydrogens is 236 g/mol. The van der Waals surface area contributed by atoms with Gasteiger partial charge in [-0.05, 0) is 30.7 Å². The quantitative estimate of drug-likeness (QED) is 0.569. The summed E-state index contributed by atoms with van der Waals surface area (Å²) in [6, 6.07) is 7.82. The molecule has 1 N–H and O–H groups in total. The van der Waals surface area contributed by atoms with Gasteiger partial charge in [-0.15, -0.1) is 0 Å². The molecule has 0 aliphatic heterocycles. The Hall–Kier alpha value is -1.46. The van der Waals surface area contributed by atoms with Crippen LogP contribution in [-0.2, 0) is 0 Å². The summed E-state index contributed by atoms with van der Waals surface area (Å²) >= 11 is 0. The maximum atomic E-state index is 8.64. The van der Waals surface area contributed by atoms with Crippen LogP contribution in [0.4, 0.5) is 0 Å². The first-order valence-electron chi connectivity index (χ1n) is 7.19. The first kappa shape index (κ1) is 15.6. The molecule has 0 radical (unpaired) electrons. The number of hydrogen-bond acceptors (Lipinski definition) is 2. The summed E-state index contributed by atoms with van der Waals surface area (Å²) in [7, 11) is 0. The maximum Gasteiger partial charge on any atom is 0.119 e. The number of aliphatic hydroxyl groups excluding tert-OH is 1. The highest BCUT2D eigenvalue weighted by molar-refractivity contribution is 5.38. The van der Waals surface area contributed by atoms with E-state index in [0.717, 1.165) is 24.3 Å². The predicted molar refractivity (Wildman–Crippen MR) is 79.3 cm³/mol. The van der Waals surface area contributed by atoms with Crippen molar-refractivity contribution in [3.8, 4) is 17.6 Å². The normalized spacial score (nSPS) is 9.79. The second kappa shape index (κ2) is 10.5. The monoisotopic (exact) mass is 260 g/mol. The van der Waals surface area contributed by atoms with Crippen LogP contribution in [0.1, 0.15) is 51.0 Å². The summed E-state index contributed by atoms with van der Waals surface area (Å²) in [5.74, 6) is 6.81. The molecule has 19 heavy (non-hydrogen) atoms. The molecule has 0 aliphatic rings. The van der Waals surface area contributed by atoms with Crippen LogP contribution in [0.15, 0.2) is 24.3 Å². The summed E-state index contributed by atoms with van der Waals surface area (Å²) in [6.07, 6.45) is 6.80. The van der Waals surface area contributed by atoms with Crippen LogP contribution < -0.4 is 4.74 Å². The van der Waals surface area contributed by atoms with Crippen LogP contribution in [0, 0.1) is 11.8 Å². The molecule has 0 fully saturated rings. The average molecular weight is 260 g/mol. The van der Waals surface area contributed by atoms with Gasteiger partial charge in [-0.2, -0.15) is 0 Å². The van der Waals surface area contributed by atoms with Crippen molar-refractivity contribution in [3.05, 3.63) is 29.8 Å². The number of benzene rings is 1. The lowest BCUT2D eigenvalue weighted by molar-refractivity contribution is 0.304. The third-order valence-electron chi connectivity index (χ3n) is 2.84. The summed E-state index contributed by atoms with van der Waals surface area (Å²) < 4.78 is 5.68. The Labute approximate surface area is 116 Å². The molecule has 1 aromatic rings. The first-order chi connectivity index (χ1) is 9.36. The molecule has 0 aromatic heterocycles. The average Bonchev–Trinajstić information content (AvgIpc) is 2.44. The number of hydrogen-bond donors (Lipinski definition) is 1. The van der Waals surface area contributed by atoms with E-state index in [9.17, 15) is 0 Å². The van der Waals surface area contributed by atoms with Crippen molar-refractivity contribution in [1.29, 1.82) is 0 Å². The molecular formula is C17H24O2. The number of aliphatic hydroxyl groups is 1. The van der Waals surface area contributed by atoms with Gasteiger partial charge in [0.15, 0.2) is 0 Å². The van der Waals surface area contributed by atoms with E-state index in [2.05, 4.69) is 18.8 Å².